The SMILES string of the molecule is Cc1nc(Cn2c(C3CC3)nc(Cl)cc2=O)oc1C. The highest BCUT2D eigenvalue weighted by atomic mass is 35.5. The molecule has 6 heteroatoms. The maximum atomic E-state index is 12.1. The highest BCUT2D eigenvalue weighted by molar-refractivity contribution is 6.29. The van der Waals surface area contributed by atoms with Gasteiger partial charge < -0.3 is 4.42 Å². The van der Waals surface area contributed by atoms with Gasteiger partial charge in [0, 0.05) is 12.0 Å². The maximum absolute atomic E-state index is 12.1. The van der Waals surface area contributed by atoms with Crippen LogP contribution in [0.2, 0.25) is 5.15 Å². The second-order valence-corrected chi connectivity index (χ2v) is 5.27. The van der Waals surface area contributed by atoms with Crippen LogP contribution in [0.25, 0.3) is 0 Å². The van der Waals surface area contributed by atoms with Gasteiger partial charge in [0.2, 0.25) is 5.89 Å². The number of hydrogen-bond acceptors (Lipinski definition) is 4. The normalized spacial score (nSPS) is 14.9. The van der Waals surface area contributed by atoms with Gasteiger partial charge in [-0.15, -0.1) is 0 Å². The Morgan fingerprint density at radius 3 is 2.74 bits per heavy atom. The molecule has 0 radical (unpaired) electrons. The van der Waals surface area contributed by atoms with Crippen molar-refractivity contribution in [3.63, 3.8) is 0 Å². The average molecular weight is 280 g/mol. The molecule has 0 spiro atoms. The number of oxazole rings is 1. The lowest BCUT2D eigenvalue weighted by Gasteiger charge is -2.09. The molecule has 2 heterocycles. The van der Waals surface area contributed by atoms with Crippen molar-refractivity contribution in [2.24, 2.45) is 0 Å². The summed E-state index contributed by atoms with van der Waals surface area (Å²) in [6.45, 7) is 4.05. The van der Waals surface area contributed by atoms with Crippen LogP contribution in [0, 0.1) is 13.8 Å². The highest BCUT2D eigenvalue weighted by Gasteiger charge is 2.29. The van der Waals surface area contributed by atoms with E-state index in [0.717, 1.165) is 30.1 Å². The summed E-state index contributed by atoms with van der Waals surface area (Å²) in [5.41, 5.74) is 0.688. The fraction of sp³-hybridized carbons (Fsp3) is 0.462. The van der Waals surface area contributed by atoms with Crippen LogP contribution >= 0.6 is 11.6 Å². The molecule has 0 aliphatic heterocycles. The third-order valence-electron chi connectivity index (χ3n) is 3.32. The topological polar surface area (TPSA) is 60.9 Å². The molecule has 0 unspecified atom stereocenters. The van der Waals surface area contributed by atoms with Crippen LogP contribution in [-0.4, -0.2) is 14.5 Å². The lowest BCUT2D eigenvalue weighted by atomic mass is 10.3. The molecule has 0 saturated heterocycles. The first kappa shape index (κ1) is 12.4. The molecule has 5 nitrogen and oxygen atoms in total. The number of nitrogens with zero attached hydrogens (tertiary/aromatic N) is 3. The van der Waals surface area contributed by atoms with Gasteiger partial charge in [-0.2, -0.15) is 0 Å². The summed E-state index contributed by atoms with van der Waals surface area (Å²) in [7, 11) is 0. The summed E-state index contributed by atoms with van der Waals surface area (Å²) >= 11 is 5.86. The van der Waals surface area contributed by atoms with E-state index in [0.29, 0.717) is 18.4 Å². The lowest BCUT2D eigenvalue weighted by molar-refractivity contribution is 0.447. The van der Waals surface area contributed by atoms with Crippen molar-refractivity contribution in [3.8, 4) is 0 Å². The average Bonchev–Trinajstić information content (AvgIpc) is 3.11. The van der Waals surface area contributed by atoms with Gasteiger partial charge in [-0.1, -0.05) is 11.6 Å². The van der Waals surface area contributed by atoms with Crippen molar-refractivity contribution in [2.45, 2.75) is 39.2 Å². The molecule has 2 aromatic rings. The standard InChI is InChI=1S/C13H14ClN3O2/c1-7-8(2)19-11(15-7)6-17-12(18)5-10(14)16-13(17)9-3-4-9/h5,9H,3-4,6H2,1-2H3. The number of aromatic nitrogens is 3. The van der Waals surface area contributed by atoms with E-state index in [-0.39, 0.29) is 10.7 Å². The zero-order valence-electron chi connectivity index (χ0n) is 10.8. The number of aryl methyl sites for hydroxylation is 2. The van der Waals surface area contributed by atoms with E-state index >= 15 is 0 Å². The largest absolute Gasteiger partial charge is 0.444 e. The molecule has 1 aliphatic carbocycles. The van der Waals surface area contributed by atoms with Crippen molar-refractivity contribution < 1.29 is 4.42 Å². The first-order valence-corrected chi connectivity index (χ1v) is 6.62. The molecule has 1 aliphatic rings. The fourth-order valence-corrected chi connectivity index (χ4v) is 2.23. The van der Waals surface area contributed by atoms with E-state index in [9.17, 15) is 4.79 Å². The van der Waals surface area contributed by atoms with Gasteiger partial charge >= 0.3 is 0 Å². The van der Waals surface area contributed by atoms with Crippen molar-refractivity contribution in [1.29, 1.82) is 0 Å². The zero-order chi connectivity index (χ0) is 13.6. The Labute approximate surface area is 115 Å². The van der Waals surface area contributed by atoms with E-state index in [4.69, 9.17) is 16.0 Å². The van der Waals surface area contributed by atoms with E-state index in [2.05, 4.69) is 9.97 Å². The fourth-order valence-electron chi connectivity index (χ4n) is 2.05. The predicted molar refractivity (Wildman–Crippen MR) is 70.6 cm³/mol. The van der Waals surface area contributed by atoms with Crippen LogP contribution in [-0.2, 0) is 6.54 Å². The molecule has 3 rings (SSSR count). The van der Waals surface area contributed by atoms with Gasteiger partial charge in [-0.25, -0.2) is 9.97 Å². The molecule has 100 valence electrons. The molecule has 1 saturated carbocycles. The number of halogens is 1. The number of hydrogen-bond donors (Lipinski definition) is 0. The molecule has 0 atom stereocenters. The molecule has 0 aromatic carbocycles. The lowest BCUT2D eigenvalue weighted by Crippen LogP contribution is -2.24. The number of rotatable bonds is 3. The van der Waals surface area contributed by atoms with Gasteiger partial charge in [0.05, 0.1) is 5.69 Å². The second kappa shape index (κ2) is 4.49. The second-order valence-electron chi connectivity index (χ2n) is 4.88. The minimum atomic E-state index is -0.157. The molecule has 0 bridgehead atoms. The van der Waals surface area contributed by atoms with Gasteiger partial charge in [0.25, 0.3) is 5.56 Å². The Hall–Kier alpha value is -1.62. The third kappa shape index (κ3) is 2.42. The van der Waals surface area contributed by atoms with Crippen molar-refractivity contribution >= 4 is 11.6 Å². The van der Waals surface area contributed by atoms with Crippen LogP contribution in [0.15, 0.2) is 15.3 Å². The Bertz CT molecular complexity index is 666. The Balaban J connectivity index is 2.02. The summed E-state index contributed by atoms with van der Waals surface area (Å²) < 4.78 is 7.13. The molecule has 2 aromatic heterocycles. The van der Waals surface area contributed by atoms with Crippen LogP contribution in [0.5, 0.6) is 0 Å². The maximum Gasteiger partial charge on any atom is 0.255 e. The summed E-state index contributed by atoms with van der Waals surface area (Å²) in [6.07, 6.45) is 2.10. The molecular weight excluding hydrogens is 266 g/mol. The Morgan fingerprint density at radius 2 is 2.16 bits per heavy atom. The van der Waals surface area contributed by atoms with Gasteiger partial charge in [-0.05, 0) is 26.7 Å². The highest BCUT2D eigenvalue weighted by Crippen LogP contribution is 2.38. The van der Waals surface area contributed by atoms with E-state index in [1.165, 1.54) is 6.07 Å². The minimum Gasteiger partial charge on any atom is -0.444 e. The van der Waals surface area contributed by atoms with Crippen LogP contribution in [0.3, 0.4) is 0 Å². The predicted octanol–water partition coefficient (Wildman–Crippen LogP) is 2.43. The van der Waals surface area contributed by atoms with Crippen molar-refractivity contribution in [2.75, 3.05) is 0 Å². The summed E-state index contributed by atoms with van der Waals surface area (Å²) in [4.78, 5) is 20.6. The van der Waals surface area contributed by atoms with Crippen molar-refractivity contribution in [1.82, 2.24) is 14.5 Å². The zero-order valence-corrected chi connectivity index (χ0v) is 11.6. The molecule has 0 amide bonds. The van der Waals surface area contributed by atoms with Gasteiger partial charge in [0.1, 0.15) is 23.3 Å². The Morgan fingerprint density at radius 1 is 1.42 bits per heavy atom. The van der Waals surface area contributed by atoms with E-state index in [1.54, 1.807) is 4.57 Å². The minimum absolute atomic E-state index is 0.157. The van der Waals surface area contributed by atoms with Crippen LogP contribution in [0.1, 0.15) is 41.9 Å². The molecule has 1 fully saturated rings. The van der Waals surface area contributed by atoms with Gasteiger partial charge in [0.15, 0.2) is 0 Å². The monoisotopic (exact) mass is 279 g/mol. The first-order chi connectivity index (χ1) is 9.04. The summed E-state index contributed by atoms with van der Waals surface area (Å²) in [6, 6.07) is 1.33. The molecular formula is C13H14ClN3O2. The van der Waals surface area contributed by atoms with E-state index in [1.807, 2.05) is 13.8 Å². The van der Waals surface area contributed by atoms with Crippen molar-refractivity contribution in [3.05, 3.63) is 44.7 Å². The summed E-state index contributed by atoms with van der Waals surface area (Å²) in [5.74, 6) is 2.38. The van der Waals surface area contributed by atoms with E-state index < -0.39 is 0 Å². The summed E-state index contributed by atoms with van der Waals surface area (Å²) in [5, 5.41) is 0.253. The smallest absolute Gasteiger partial charge is 0.255 e. The quantitative estimate of drug-likeness (QED) is 0.810. The molecule has 0 N–H and O–H groups in total. The first-order valence-electron chi connectivity index (χ1n) is 6.25. The molecule has 19 heavy (non-hydrogen) atoms. The van der Waals surface area contributed by atoms with Gasteiger partial charge in [-0.3, -0.25) is 9.36 Å². The Kier molecular flexibility index (Phi) is 2.93. The van der Waals surface area contributed by atoms with Crippen LogP contribution < -0.4 is 5.56 Å². The van der Waals surface area contributed by atoms with Crippen LogP contribution in [0.4, 0.5) is 0 Å². The third-order valence-corrected chi connectivity index (χ3v) is 3.51.